The summed E-state index contributed by atoms with van der Waals surface area (Å²) in [5.74, 6) is 0.156. The fourth-order valence-electron chi connectivity index (χ4n) is 1.88. The monoisotopic (exact) mass is 253 g/mol. The maximum Gasteiger partial charge on any atom is 0.259 e. The van der Waals surface area contributed by atoms with Crippen LogP contribution in [0, 0.1) is 0 Å². The van der Waals surface area contributed by atoms with Crippen molar-refractivity contribution in [1.29, 1.82) is 0 Å². The van der Waals surface area contributed by atoms with Crippen LogP contribution in [0.1, 0.15) is 10.4 Å². The Hall–Kier alpha value is -2.89. The van der Waals surface area contributed by atoms with Gasteiger partial charge in [0.2, 0.25) is 0 Å². The Morgan fingerprint density at radius 3 is 3.00 bits per heavy atom. The highest BCUT2D eigenvalue weighted by Crippen LogP contribution is 2.21. The molecule has 0 fully saturated rings. The quantitative estimate of drug-likeness (QED) is 0.606. The third-order valence-electron chi connectivity index (χ3n) is 2.76. The van der Waals surface area contributed by atoms with Gasteiger partial charge in [-0.3, -0.25) is 4.79 Å². The van der Waals surface area contributed by atoms with Gasteiger partial charge in [0.15, 0.2) is 5.82 Å². The maximum absolute atomic E-state index is 12.2. The summed E-state index contributed by atoms with van der Waals surface area (Å²) in [6.07, 6.45) is 3.19. The number of nitrogens with one attached hydrogen (secondary N) is 2. The van der Waals surface area contributed by atoms with Crippen LogP contribution in [0.2, 0.25) is 0 Å². The Morgan fingerprint density at radius 2 is 2.21 bits per heavy atom. The second-order valence-electron chi connectivity index (χ2n) is 4.07. The van der Waals surface area contributed by atoms with E-state index in [4.69, 9.17) is 5.73 Å². The number of H-pyrrole nitrogens is 1. The number of carbonyl (C=O) groups is 1. The smallest absolute Gasteiger partial charge is 0.259 e. The van der Waals surface area contributed by atoms with E-state index in [0.717, 1.165) is 10.9 Å². The number of carbonyl (C=O) groups excluding carboxylic acids is 1. The molecule has 2 heterocycles. The zero-order chi connectivity index (χ0) is 13.2. The Balaban J connectivity index is 1.96. The van der Waals surface area contributed by atoms with Crippen LogP contribution in [0.3, 0.4) is 0 Å². The molecule has 0 bridgehead atoms. The predicted molar refractivity (Wildman–Crippen MR) is 72.7 cm³/mol. The standard InChI is InChI=1S/C13H11N5O/c14-8-3-4-11-9(6-8)10(7-15-11)13(19)17-12-2-1-5-16-18-12/h1-7,15H,14H2,(H,17,18,19). The lowest BCUT2D eigenvalue weighted by molar-refractivity contribution is 0.102. The van der Waals surface area contributed by atoms with Crippen LogP contribution in [-0.2, 0) is 0 Å². The van der Waals surface area contributed by atoms with Crippen LogP contribution in [0.25, 0.3) is 10.9 Å². The Morgan fingerprint density at radius 1 is 1.32 bits per heavy atom. The van der Waals surface area contributed by atoms with Crippen LogP contribution in [0.4, 0.5) is 11.5 Å². The highest BCUT2D eigenvalue weighted by Gasteiger charge is 2.12. The van der Waals surface area contributed by atoms with Crippen molar-refractivity contribution in [1.82, 2.24) is 15.2 Å². The van der Waals surface area contributed by atoms with Gasteiger partial charge in [0.1, 0.15) is 0 Å². The zero-order valence-corrected chi connectivity index (χ0v) is 9.92. The average molecular weight is 253 g/mol. The number of hydrogen-bond acceptors (Lipinski definition) is 4. The van der Waals surface area contributed by atoms with E-state index in [1.807, 2.05) is 6.07 Å². The molecule has 0 saturated carbocycles. The van der Waals surface area contributed by atoms with Gasteiger partial charge in [0.25, 0.3) is 5.91 Å². The molecule has 1 aromatic carbocycles. The van der Waals surface area contributed by atoms with Crippen LogP contribution >= 0.6 is 0 Å². The predicted octanol–water partition coefficient (Wildman–Crippen LogP) is 1.79. The van der Waals surface area contributed by atoms with E-state index in [-0.39, 0.29) is 5.91 Å². The number of nitrogens with two attached hydrogens (primary N) is 1. The van der Waals surface area contributed by atoms with E-state index in [1.165, 1.54) is 0 Å². The molecular weight excluding hydrogens is 242 g/mol. The number of benzene rings is 1. The Bertz CT molecular complexity index is 735. The zero-order valence-electron chi connectivity index (χ0n) is 9.92. The number of aromatic amines is 1. The first-order valence-electron chi connectivity index (χ1n) is 5.70. The van der Waals surface area contributed by atoms with E-state index in [9.17, 15) is 4.79 Å². The van der Waals surface area contributed by atoms with Crippen LogP contribution in [-0.4, -0.2) is 21.1 Å². The van der Waals surface area contributed by atoms with E-state index in [1.54, 1.807) is 36.7 Å². The molecule has 0 aliphatic rings. The molecule has 4 N–H and O–H groups in total. The summed E-state index contributed by atoms with van der Waals surface area (Å²) in [6, 6.07) is 8.76. The van der Waals surface area contributed by atoms with Crippen molar-refractivity contribution in [3.63, 3.8) is 0 Å². The number of amides is 1. The molecule has 94 valence electrons. The average Bonchev–Trinajstić information content (AvgIpc) is 2.82. The fourth-order valence-corrected chi connectivity index (χ4v) is 1.88. The van der Waals surface area contributed by atoms with Gasteiger partial charge in [-0.15, -0.1) is 5.10 Å². The molecule has 0 atom stereocenters. The SMILES string of the molecule is Nc1ccc2[nH]cc(C(=O)Nc3cccnn3)c2c1. The molecule has 2 aromatic heterocycles. The minimum absolute atomic E-state index is 0.252. The molecule has 6 heteroatoms. The molecule has 0 aliphatic heterocycles. The molecular formula is C13H11N5O. The third-order valence-corrected chi connectivity index (χ3v) is 2.76. The summed E-state index contributed by atoms with van der Waals surface area (Å²) >= 11 is 0. The lowest BCUT2D eigenvalue weighted by atomic mass is 10.1. The van der Waals surface area contributed by atoms with Crippen LogP contribution in [0.5, 0.6) is 0 Å². The molecule has 3 aromatic rings. The second kappa shape index (κ2) is 4.41. The number of nitrogens with zero attached hydrogens (tertiary/aromatic N) is 2. The molecule has 0 saturated heterocycles. The number of rotatable bonds is 2. The van der Waals surface area contributed by atoms with E-state index >= 15 is 0 Å². The summed E-state index contributed by atoms with van der Waals surface area (Å²) < 4.78 is 0. The van der Waals surface area contributed by atoms with Gasteiger partial charge in [-0.25, -0.2) is 0 Å². The number of aromatic nitrogens is 3. The van der Waals surface area contributed by atoms with Crippen molar-refractivity contribution in [2.45, 2.75) is 0 Å². The van der Waals surface area contributed by atoms with Gasteiger partial charge in [-0.1, -0.05) is 0 Å². The van der Waals surface area contributed by atoms with Crippen molar-refractivity contribution in [2.24, 2.45) is 0 Å². The molecule has 1 amide bonds. The summed E-state index contributed by atoms with van der Waals surface area (Å²) in [5, 5.41) is 11.0. The molecule has 3 rings (SSSR count). The minimum Gasteiger partial charge on any atom is -0.399 e. The van der Waals surface area contributed by atoms with Gasteiger partial charge in [-0.05, 0) is 30.3 Å². The summed E-state index contributed by atoms with van der Waals surface area (Å²) in [5.41, 5.74) is 7.73. The topological polar surface area (TPSA) is 96.7 Å². The van der Waals surface area contributed by atoms with Crippen LogP contribution < -0.4 is 11.1 Å². The van der Waals surface area contributed by atoms with Gasteiger partial charge >= 0.3 is 0 Å². The van der Waals surface area contributed by atoms with Gasteiger partial charge in [-0.2, -0.15) is 5.10 Å². The first kappa shape index (κ1) is 11.2. The number of hydrogen-bond donors (Lipinski definition) is 3. The number of anilines is 2. The number of fused-ring (bicyclic) bond motifs is 1. The van der Waals surface area contributed by atoms with Crippen molar-refractivity contribution in [2.75, 3.05) is 11.1 Å². The van der Waals surface area contributed by atoms with Gasteiger partial charge in [0.05, 0.1) is 5.56 Å². The fraction of sp³-hybridized carbons (Fsp3) is 0. The highest BCUT2D eigenvalue weighted by atomic mass is 16.1. The summed E-state index contributed by atoms with van der Waals surface area (Å²) in [7, 11) is 0. The second-order valence-corrected chi connectivity index (χ2v) is 4.07. The molecule has 0 spiro atoms. The van der Waals surface area contributed by atoms with Crippen LogP contribution in [0.15, 0.2) is 42.7 Å². The Labute approximate surface area is 108 Å². The molecule has 0 unspecified atom stereocenters. The molecule has 19 heavy (non-hydrogen) atoms. The summed E-state index contributed by atoms with van der Waals surface area (Å²) in [4.78, 5) is 15.2. The highest BCUT2D eigenvalue weighted by molar-refractivity contribution is 6.12. The normalized spacial score (nSPS) is 10.5. The van der Waals surface area contributed by atoms with Gasteiger partial charge < -0.3 is 16.0 Å². The minimum atomic E-state index is -0.252. The van der Waals surface area contributed by atoms with Crippen molar-refractivity contribution >= 4 is 28.3 Å². The van der Waals surface area contributed by atoms with Crippen molar-refractivity contribution in [3.05, 3.63) is 48.3 Å². The third kappa shape index (κ3) is 2.11. The number of nitrogen functional groups attached to an aromatic ring is 1. The Kier molecular flexibility index (Phi) is 2.60. The lowest BCUT2D eigenvalue weighted by Crippen LogP contribution is -2.12. The van der Waals surface area contributed by atoms with E-state index < -0.39 is 0 Å². The van der Waals surface area contributed by atoms with Crippen molar-refractivity contribution in [3.8, 4) is 0 Å². The largest absolute Gasteiger partial charge is 0.399 e. The maximum atomic E-state index is 12.2. The molecule has 6 nitrogen and oxygen atoms in total. The van der Waals surface area contributed by atoms with E-state index in [2.05, 4.69) is 20.5 Å². The molecule has 0 radical (unpaired) electrons. The molecule has 0 aliphatic carbocycles. The van der Waals surface area contributed by atoms with Crippen molar-refractivity contribution < 1.29 is 4.79 Å². The van der Waals surface area contributed by atoms with E-state index in [0.29, 0.717) is 17.1 Å². The lowest BCUT2D eigenvalue weighted by Gasteiger charge is -2.02. The first-order valence-corrected chi connectivity index (χ1v) is 5.70. The summed E-state index contributed by atoms with van der Waals surface area (Å²) in [6.45, 7) is 0. The van der Waals surface area contributed by atoms with Gasteiger partial charge in [0, 0.05) is 29.0 Å². The first-order chi connectivity index (χ1) is 9.24.